The van der Waals surface area contributed by atoms with Crippen LogP contribution in [0.5, 0.6) is 0 Å². The largest absolute Gasteiger partial charge is 0.364 e. The molecular weight excluding hydrogens is 249 g/mol. The summed E-state index contributed by atoms with van der Waals surface area (Å²) in [5.41, 5.74) is -0.914. The van der Waals surface area contributed by atoms with E-state index in [0.29, 0.717) is 0 Å². The zero-order chi connectivity index (χ0) is 13.5. The van der Waals surface area contributed by atoms with Crippen molar-refractivity contribution in [3.8, 4) is 0 Å². The maximum absolute atomic E-state index is 12.0. The Morgan fingerprint density at radius 3 is 1.82 bits per heavy atom. The summed E-state index contributed by atoms with van der Waals surface area (Å²) >= 11 is 0. The Kier molecular flexibility index (Phi) is 7.58. The number of hydrogen-bond donors (Lipinski definition) is 0. The number of rotatable bonds is 8. The molecule has 8 heteroatoms. The lowest BCUT2D eigenvalue weighted by atomic mass is 10.4. The molecule has 0 saturated heterocycles. The van der Waals surface area contributed by atoms with Crippen molar-refractivity contribution in [2.75, 3.05) is 41.9 Å². The minimum Gasteiger partial charge on any atom is -0.364 e. The highest BCUT2D eigenvalue weighted by Gasteiger charge is 2.38. The third-order valence-electron chi connectivity index (χ3n) is 2.22. The van der Waals surface area contributed by atoms with E-state index >= 15 is 0 Å². The second-order valence-electron chi connectivity index (χ2n) is 3.29. The molecule has 0 aliphatic heterocycles. The molecule has 0 fully saturated rings. The smallest absolute Gasteiger partial charge is 0.342 e. The minimum absolute atomic E-state index is 0.0461. The third kappa shape index (κ3) is 4.37. The molecule has 102 valence electrons. The summed E-state index contributed by atoms with van der Waals surface area (Å²) in [6, 6.07) is 0. The summed E-state index contributed by atoms with van der Waals surface area (Å²) in [7, 11) is 1.95. The van der Waals surface area contributed by atoms with Crippen molar-refractivity contribution in [3.63, 3.8) is 0 Å². The van der Waals surface area contributed by atoms with Gasteiger partial charge in [0.05, 0.1) is 0 Å². The van der Waals surface area contributed by atoms with Crippen molar-refractivity contribution in [2.45, 2.75) is 12.6 Å². The lowest BCUT2D eigenvalue weighted by molar-refractivity contribution is -0.141. The summed E-state index contributed by atoms with van der Waals surface area (Å²) in [5, 5.41) is 0. The highest BCUT2D eigenvalue weighted by molar-refractivity contribution is 7.55. The van der Waals surface area contributed by atoms with E-state index in [0.717, 1.165) is 0 Å². The van der Waals surface area contributed by atoms with Crippen LogP contribution in [-0.2, 0) is 27.9 Å². The Hall–Kier alpha value is -0.460. The number of hydrogen-bond acceptors (Lipinski definition) is 6. The minimum atomic E-state index is -3.43. The third-order valence-corrected chi connectivity index (χ3v) is 4.41. The van der Waals surface area contributed by atoms with Crippen LogP contribution in [0.3, 0.4) is 0 Å². The van der Waals surface area contributed by atoms with E-state index in [-0.39, 0.29) is 13.5 Å². The van der Waals surface area contributed by atoms with Gasteiger partial charge in [0.2, 0.25) is 5.91 Å². The fraction of sp³-hybridized carbons (Fsp3) is 0.889. The van der Waals surface area contributed by atoms with Crippen LogP contribution in [-0.4, -0.2) is 58.4 Å². The first-order valence-corrected chi connectivity index (χ1v) is 6.55. The lowest BCUT2D eigenvalue weighted by Crippen LogP contribution is -2.40. The second kappa shape index (κ2) is 7.79. The van der Waals surface area contributed by atoms with Crippen LogP contribution in [0.15, 0.2) is 0 Å². The Morgan fingerprint density at radius 1 is 1.12 bits per heavy atom. The van der Waals surface area contributed by atoms with Crippen molar-refractivity contribution in [3.05, 3.63) is 0 Å². The van der Waals surface area contributed by atoms with Crippen LogP contribution >= 0.6 is 7.60 Å². The van der Waals surface area contributed by atoms with Gasteiger partial charge in [-0.2, -0.15) is 0 Å². The first kappa shape index (κ1) is 16.5. The van der Waals surface area contributed by atoms with E-state index in [9.17, 15) is 9.36 Å². The van der Waals surface area contributed by atoms with E-state index in [1.165, 1.54) is 40.3 Å². The highest BCUT2D eigenvalue weighted by Crippen LogP contribution is 2.51. The maximum atomic E-state index is 12.0. The number of ether oxygens (including phenoxy) is 2. The van der Waals surface area contributed by atoms with Crippen LogP contribution < -0.4 is 0 Å². The Balaban J connectivity index is 4.80. The van der Waals surface area contributed by atoms with Gasteiger partial charge >= 0.3 is 7.60 Å². The van der Waals surface area contributed by atoms with Crippen LogP contribution in [0, 0.1) is 0 Å². The maximum Gasteiger partial charge on any atom is 0.342 e. The van der Waals surface area contributed by atoms with E-state index in [2.05, 4.69) is 0 Å². The van der Waals surface area contributed by atoms with Crippen molar-refractivity contribution >= 4 is 13.5 Å². The molecule has 0 radical (unpaired) electrons. The molecule has 0 bridgehead atoms. The zero-order valence-corrected chi connectivity index (χ0v) is 11.7. The monoisotopic (exact) mass is 269 g/mol. The topological polar surface area (TPSA) is 74.3 Å². The number of amides is 1. The summed E-state index contributed by atoms with van der Waals surface area (Å²) in [6.45, 7) is 1.57. The van der Waals surface area contributed by atoms with Crippen molar-refractivity contribution in [1.29, 1.82) is 0 Å². The zero-order valence-electron chi connectivity index (χ0n) is 10.8. The van der Waals surface area contributed by atoms with Gasteiger partial charge in [0.15, 0.2) is 0 Å². The molecule has 1 unspecified atom stereocenters. The van der Waals surface area contributed by atoms with E-state index in [4.69, 9.17) is 18.5 Å². The Bertz CT molecular complexity index is 271. The van der Waals surface area contributed by atoms with Gasteiger partial charge in [-0.25, -0.2) is 0 Å². The van der Waals surface area contributed by atoms with Crippen LogP contribution in [0.2, 0.25) is 0 Å². The predicted molar refractivity (Wildman–Crippen MR) is 61.7 cm³/mol. The van der Waals surface area contributed by atoms with E-state index in [1.54, 1.807) is 0 Å². The number of carbonyl (C=O) groups excluding carboxylic acids is 1. The highest BCUT2D eigenvalue weighted by atomic mass is 31.2. The standard InChI is InChI=1S/C9H20NO6P/c1-8(17(12,15-4)16-5)9(11)10(6-13-2)7-14-3/h8H,6-7H2,1-5H3. The van der Waals surface area contributed by atoms with Crippen molar-refractivity contribution in [2.24, 2.45) is 0 Å². The summed E-state index contributed by atoms with van der Waals surface area (Å²) in [5.74, 6) is -0.416. The molecule has 1 amide bonds. The molecule has 0 heterocycles. The summed E-state index contributed by atoms with van der Waals surface area (Å²) < 4.78 is 31.3. The predicted octanol–water partition coefficient (Wildman–Crippen LogP) is 0.897. The fourth-order valence-electron chi connectivity index (χ4n) is 1.27. The molecule has 0 spiro atoms. The Morgan fingerprint density at radius 2 is 1.53 bits per heavy atom. The van der Waals surface area contributed by atoms with Gasteiger partial charge in [0.1, 0.15) is 19.1 Å². The number of nitrogens with zero attached hydrogens (tertiary/aromatic N) is 1. The lowest BCUT2D eigenvalue weighted by Gasteiger charge is -2.26. The molecule has 7 nitrogen and oxygen atoms in total. The van der Waals surface area contributed by atoms with Gasteiger partial charge in [0.25, 0.3) is 0 Å². The van der Waals surface area contributed by atoms with Gasteiger partial charge in [-0.15, -0.1) is 0 Å². The van der Waals surface area contributed by atoms with Crippen molar-refractivity contribution in [1.82, 2.24) is 4.90 Å². The second-order valence-corrected chi connectivity index (χ2v) is 5.88. The molecule has 0 aliphatic carbocycles. The fourth-order valence-corrected chi connectivity index (χ4v) is 2.48. The quantitative estimate of drug-likeness (QED) is 0.481. The average Bonchev–Trinajstić information content (AvgIpc) is 2.35. The molecule has 0 aromatic heterocycles. The van der Waals surface area contributed by atoms with Crippen LogP contribution in [0.4, 0.5) is 0 Å². The summed E-state index contributed by atoms with van der Waals surface area (Å²) in [6.07, 6.45) is 0. The molecule has 0 N–H and O–H groups in total. The molecule has 0 aromatic carbocycles. The molecule has 1 atom stereocenters. The number of carbonyl (C=O) groups is 1. The van der Waals surface area contributed by atoms with Gasteiger partial charge < -0.3 is 18.5 Å². The van der Waals surface area contributed by atoms with Crippen LogP contribution in [0.1, 0.15) is 6.92 Å². The van der Waals surface area contributed by atoms with Crippen molar-refractivity contribution < 1.29 is 27.9 Å². The summed E-state index contributed by atoms with van der Waals surface area (Å²) in [4.78, 5) is 13.3. The van der Waals surface area contributed by atoms with Gasteiger partial charge in [-0.1, -0.05) is 0 Å². The van der Waals surface area contributed by atoms with E-state index in [1.807, 2.05) is 0 Å². The molecule has 0 rings (SSSR count). The molecule has 0 saturated carbocycles. The van der Waals surface area contributed by atoms with Crippen LogP contribution in [0.25, 0.3) is 0 Å². The Labute approximate surface area is 101 Å². The molecular formula is C9H20NO6P. The van der Waals surface area contributed by atoms with Gasteiger partial charge in [-0.3, -0.25) is 14.3 Å². The van der Waals surface area contributed by atoms with Gasteiger partial charge in [0, 0.05) is 28.4 Å². The molecule has 17 heavy (non-hydrogen) atoms. The first-order valence-electron chi connectivity index (χ1n) is 4.94. The normalized spacial score (nSPS) is 13.5. The average molecular weight is 269 g/mol. The molecule has 0 aromatic rings. The first-order chi connectivity index (χ1) is 7.96. The SMILES string of the molecule is COCN(COC)C(=O)C(C)P(=O)(OC)OC. The molecule has 0 aliphatic rings. The van der Waals surface area contributed by atoms with E-state index < -0.39 is 19.2 Å². The van der Waals surface area contributed by atoms with Gasteiger partial charge in [-0.05, 0) is 6.92 Å². The number of methoxy groups -OCH3 is 2.